The molecule has 1 atom stereocenters. The minimum atomic E-state index is -3.94. The Hall–Kier alpha value is -3.43. The molecule has 0 aliphatic heterocycles. The number of rotatable bonds is 10. The van der Waals surface area contributed by atoms with Crippen LogP contribution in [0.5, 0.6) is 0 Å². The van der Waals surface area contributed by atoms with E-state index < -0.39 is 45.8 Å². The Bertz CT molecular complexity index is 1460. The van der Waals surface area contributed by atoms with Gasteiger partial charge in [0.25, 0.3) is 0 Å². The molecule has 0 aliphatic rings. The molecule has 0 saturated heterocycles. The first-order valence-electron chi connectivity index (χ1n) is 12.8. The second-order valence-electron chi connectivity index (χ2n) is 10.8. The van der Waals surface area contributed by atoms with E-state index in [-0.39, 0.29) is 24.2 Å². The number of amides is 2. The molecule has 10 heteroatoms. The molecule has 7 nitrogen and oxygen atoms in total. The third-order valence-electron chi connectivity index (χ3n) is 6.19. The van der Waals surface area contributed by atoms with E-state index in [2.05, 4.69) is 5.32 Å². The van der Waals surface area contributed by atoms with Crippen LogP contribution >= 0.6 is 11.6 Å². The van der Waals surface area contributed by atoms with E-state index in [4.69, 9.17) is 11.6 Å². The van der Waals surface area contributed by atoms with Crippen molar-refractivity contribution < 1.29 is 22.4 Å². The highest BCUT2D eigenvalue weighted by Gasteiger charge is 2.34. The number of nitrogens with zero attached hydrogens (tertiary/aromatic N) is 2. The van der Waals surface area contributed by atoms with Gasteiger partial charge in [-0.25, -0.2) is 12.8 Å². The summed E-state index contributed by atoms with van der Waals surface area (Å²) in [5.41, 5.74) is 1.31. The van der Waals surface area contributed by atoms with Crippen molar-refractivity contribution in [1.82, 2.24) is 10.2 Å². The second kappa shape index (κ2) is 12.8. The van der Waals surface area contributed by atoms with Crippen LogP contribution in [0.1, 0.15) is 37.5 Å². The van der Waals surface area contributed by atoms with Gasteiger partial charge in [-0.3, -0.25) is 13.9 Å². The highest BCUT2D eigenvalue weighted by Crippen LogP contribution is 2.26. The molecule has 40 heavy (non-hydrogen) atoms. The van der Waals surface area contributed by atoms with Crippen LogP contribution in [-0.2, 0) is 32.6 Å². The van der Waals surface area contributed by atoms with Crippen LogP contribution in [0.15, 0.2) is 72.8 Å². The van der Waals surface area contributed by atoms with Crippen molar-refractivity contribution in [3.63, 3.8) is 0 Å². The topological polar surface area (TPSA) is 86.8 Å². The average molecular weight is 588 g/mol. The zero-order valence-electron chi connectivity index (χ0n) is 23.3. The summed E-state index contributed by atoms with van der Waals surface area (Å²) in [5.74, 6) is -1.65. The molecule has 0 fully saturated rings. The van der Waals surface area contributed by atoms with E-state index >= 15 is 0 Å². The molecule has 0 bridgehead atoms. The number of nitrogens with one attached hydrogen (secondary N) is 1. The number of halogens is 2. The number of hydrogen-bond donors (Lipinski definition) is 1. The van der Waals surface area contributed by atoms with Gasteiger partial charge in [0, 0.05) is 29.1 Å². The predicted molar refractivity (Wildman–Crippen MR) is 157 cm³/mol. The normalized spacial score (nSPS) is 12.5. The molecule has 0 aromatic heterocycles. The van der Waals surface area contributed by atoms with Gasteiger partial charge in [-0.15, -0.1) is 0 Å². The Kier molecular flexibility index (Phi) is 9.97. The molecule has 0 aliphatic carbocycles. The van der Waals surface area contributed by atoms with Crippen molar-refractivity contribution in [2.24, 2.45) is 0 Å². The fourth-order valence-corrected chi connectivity index (χ4v) is 5.18. The Morgan fingerprint density at radius 3 is 2.20 bits per heavy atom. The van der Waals surface area contributed by atoms with Crippen LogP contribution in [0.25, 0.3) is 0 Å². The van der Waals surface area contributed by atoms with Crippen molar-refractivity contribution in [2.45, 2.75) is 52.2 Å². The first-order valence-corrected chi connectivity index (χ1v) is 15.0. The minimum absolute atomic E-state index is 0.137. The van der Waals surface area contributed by atoms with E-state index in [0.29, 0.717) is 5.02 Å². The summed E-state index contributed by atoms with van der Waals surface area (Å²) in [6.07, 6.45) is 1.13. The van der Waals surface area contributed by atoms with Gasteiger partial charge in [0.2, 0.25) is 21.8 Å². The Morgan fingerprint density at radius 2 is 1.62 bits per heavy atom. The van der Waals surface area contributed by atoms with Crippen LogP contribution in [0.2, 0.25) is 5.02 Å². The van der Waals surface area contributed by atoms with Crippen LogP contribution in [0, 0.1) is 12.7 Å². The van der Waals surface area contributed by atoms with E-state index in [1.165, 1.54) is 29.2 Å². The zero-order valence-corrected chi connectivity index (χ0v) is 24.9. The number of sulfonamides is 1. The van der Waals surface area contributed by atoms with Crippen LogP contribution < -0.4 is 9.62 Å². The average Bonchev–Trinajstić information content (AvgIpc) is 2.86. The van der Waals surface area contributed by atoms with Crippen LogP contribution in [0.3, 0.4) is 0 Å². The summed E-state index contributed by atoms with van der Waals surface area (Å²) in [5, 5.41) is 3.27. The molecule has 2 amide bonds. The quantitative estimate of drug-likeness (QED) is 0.357. The number of benzene rings is 3. The van der Waals surface area contributed by atoms with E-state index in [0.717, 1.165) is 21.7 Å². The summed E-state index contributed by atoms with van der Waals surface area (Å²) < 4.78 is 41.5. The van der Waals surface area contributed by atoms with Gasteiger partial charge in [-0.1, -0.05) is 66.2 Å². The molecule has 0 radical (unpaired) electrons. The molecule has 1 N–H and O–H groups in total. The van der Waals surface area contributed by atoms with Crippen molar-refractivity contribution in [3.8, 4) is 0 Å². The largest absolute Gasteiger partial charge is 0.350 e. The summed E-state index contributed by atoms with van der Waals surface area (Å²) >= 11 is 6.26. The zero-order chi connectivity index (χ0) is 29.7. The lowest BCUT2D eigenvalue weighted by molar-refractivity contribution is -0.140. The minimum Gasteiger partial charge on any atom is -0.350 e. The third-order valence-corrected chi connectivity index (χ3v) is 7.74. The van der Waals surface area contributed by atoms with Gasteiger partial charge in [-0.2, -0.15) is 0 Å². The van der Waals surface area contributed by atoms with E-state index in [1.54, 1.807) is 25.1 Å². The highest BCUT2D eigenvalue weighted by atomic mass is 35.5. The first kappa shape index (κ1) is 31.1. The van der Waals surface area contributed by atoms with Crippen molar-refractivity contribution in [2.75, 3.05) is 17.1 Å². The van der Waals surface area contributed by atoms with Gasteiger partial charge in [0.15, 0.2) is 0 Å². The molecule has 1 unspecified atom stereocenters. The van der Waals surface area contributed by atoms with Gasteiger partial charge in [-0.05, 0) is 57.0 Å². The fraction of sp³-hybridized carbons (Fsp3) is 0.333. The Balaban J connectivity index is 2.10. The van der Waals surface area contributed by atoms with Gasteiger partial charge in [0.05, 0.1) is 11.9 Å². The summed E-state index contributed by atoms with van der Waals surface area (Å²) in [6, 6.07) is 18.8. The molecule has 3 aromatic rings. The molecule has 3 rings (SSSR count). The smallest absolute Gasteiger partial charge is 0.244 e. The summed E-state index contributed by atoms with van der Waals surface area (Å²) in [6.45, 7) is 6.38. The summed E-state index contributed by atoms with van der Waals surface area (Å²) in [7, 11) is -3.94. The van der Waals surface area contributed by atoms with Crippen molar-refractivity contribution in [1.29, 1.82) is 0 Å². The van der Waals surface area contributed by atoms with Crippen LogP contribution in [0.4, 0.5) is 10.1 Å². The summed E-state index contributed by atoms with van der Waals surface area (Å²) in [4.78, 5) is 28.9. The number of hydrogen-bond acceptors (Lipinski definition) is 4. The van der Waals surface area contributed by atoms with E-state index in [9.17, 15) is 22.4 Å². The first-order chi connectivity index (χ1) is 18.7. The third kappa shape index (κ3) is 8.53. The predicted octanol–water partition coefficient (Wildman–Crippen LogP) is 5.11. The SMILES string of the molecule is Cc1ccc(N(CC(=O)N(Cc2ccccc2F)C(Cc2ccccc2)C(=O)NC(C)(C)C)S(C)(=O)=O)cc1Cl. The Labute approximate surface area is 241 Å². The fourth-order valence-electron chi connectivity index (χ4n) is 4.17. The molecule has 0 spiro atoms. The molecule has 0 saturated carbocycles. The monoisotopic (exact) mass is 587 g/mol. The molecular formula is C30H35ClFN3O4S. The Morgan fingerprint density at radius 1 is 1.00 bits per heavy atom. The standard InChI is InChI=1S/C30H35ClFN3O4S/c1-21-15-16-24(18-25(21)31)35(40(5,38)39)20-28(36)34(19-23-13-9-10-14-26(23)32)27(29(37)33-30(2,3)4)17-22-11-7-6-8-12-22/h6-16,18,27H,17,19-20H2,1-5H3,(H,33,37). The van der Waals surface area contributed by atoms with Gasteiger partial charge < -0.3 is 10.2 Å². The lowest BCUT2D eigenvalue weighted by atomic mass is 10.0. The van der Waals surface area contributed by atoms with Crippen LogP contribution in [-0.4, -0.2) is 49.5 Å². The molecule has 3 aromatic carbocycles. The number of aryl methyl sites for hydroxylation is 1. The lowest BCUT2D eigenvalue weighted by Crippen LogP contribution is -2.56. The second-order valence-corrected chi connectivity index (χ2v) is 13.1. The van der Waals surface area contributed by atoms with Crippen molar-refractivity contribution in [3.05, 3.63) is 100 Å². The maximum atomic E-state index is 14.8. The highest BCUT2D eigenvalue weighted by molar-refractivity contribution is 7.92. The molecular weight excluding hydrogens is 553 g/mol. The number of anilines is 1. The lowest BCUT2D eigenvalue weighted by Gasteiger charge is -2.35. The number of carbonyl (C=O) groups is 2. The van der Waals surface area contributed by atoms with Gasteiger partial charge in [0.1, 0.15) is 18.4 Å². The molecule has 214 valence electrons. The van der Waals surface area contributed by atoms with E-state index in [1.807, 2.05) is 51.1 Å². The maximum absolute atomic E-state index is 14.8. The van der Waals surface area contributed by atoms with Crippen molar-refractivity contribution >= 4 is 39.1 Å². The maximum Gasteiger partial charge on any atom is 0.244 e. The number of carbonyl (C=O) groups excluding carboxylic acids is 2. The molecule has 0 heterocycles. The van der Waals surface area contributed by atoms with Gasteiger partial charge >= 0.3 is 0 Å².